The van der Waals surface area contributed by atoms with E-state index in [9.17, 15) is 8.42 Å². The van der Waals surface area contributed by atoms with E-state index in [1.54, 1.807) is 24.3 Å². The lowest BCUT2D eigenvalue weighted by atomic mass is 10.2. The number of pyridine rings is 1. The molecular weight excluding hydrogens is 310 g/mol. The lowest BCUT2D eigenvalue weighted by Gasteiger charge is -2.13. The zero-order chi connectivity index (χ0) is 15.5. The molecule has 0 aliphatic rings. The number of anilines is 2. The summed E-state index contributed by atoms with van der Waals surface area (Å²) in [4.78, 5) is 3.97. The Kier molecular flexibility index (Phi) is 4.69. The smallest absolute Gasteiger partial charge is 0.265 e. The van der Waals surface area contributed by atoms with E-state index >= 15 is 0 Å². The minimum absolute atomic E-state index is 0.0866. The van der Waals surface area contributed by atoms with Gasteiger partial charge in [0.1, 0.15) is 4.90 Å². The average molecular weight is 326 g/mol. The van der Waals surface area contributed by atoms with Gasteiger partial charge in [0.05, 0.1) is 16.4 Å². The van der Waals surface area contributed by atoms with Crippen LogP contribution in [0, 0.1) is 6.92 Å². The molecule has 0 fully saturated rings. The molecule has 21 heavy (non-hydrogen) atoms. The molecule has 2 rings (SSSR count). The van der Waals surface area contributed by atoms with Gasteiger partial charge in [0.15, 0.2) is 0 Å². The molecule has 0 atom stereocenters. The Bertz CT molecular complexity index is 748. The van der Waals surface area contributed by atoms with Crippen molar-refractivity contribution < 1.29 is 8.42 Å². The molecule has 0 bridgehead atoms. The van der Waals surface area contributed by atoms with Crippen LogP contribution in [0.3, 0.4) is 0 Å². The van der Waals surface area contributed by atoms with Crippen LogP contribution in [0.2, 0.25) is 5.02 Å². The second-order valence-electron chi connectivity index (χ2n) is 4.49. The second-order valence-corrected chi connectivity index (χ2v) is 6.55. The minimum atomic E-state index is -3.76. The summed E-state index contributed by atoms with van der Waals surface area (Å²) in [7, 11) is -3.76. The molecule has 0 amide bonds. The quantitative estimate of drug-likeness (QED) is 0.885. The van der Waals surface area contributed by atoms with Crippen molar-refractivity contribution >= 4 is 33.0 Å². The predicted molar refractivity (Wildman–Crippen MR) is 85.4 cm³/mol. The first kappa shape index (κ1) is 15.6. The van der Waals surface area contributed by atoms with Crippen molar-refractivity contribution in [3.8, 4) is 0 Å². The molecule has 0 saturated carbocycles. The monoisotopic (exact) mass is 325 g/mol. The van der Waals surface area contributed by atoms with Gasteiger partial charge >= 0.3 is 0 Å². The van der Waals surface area contributed by atoms with Gasteiger partial charge in [-0.1, -0.05) is 17.7 Å². The third-order valence-electron chi connectivity index (χ3n) is 2.81. The van der Waals surface area contributed by atoms with Crippen molar-refractivity contribution in [1.82, 2.24) is 4.98 Å². The molecule has 0 spiro atoms. The standard InChI is InChI=1S/C14H16ClN3O2S/c1-3-17-13-6-7-16-9-14(13)21(19,20)18-12-5-4-10(2)8-11(12)15/h4-9,18H,3H2,1-2H3,(H,16,17). The lowest BCUT2D eigenvalue weighted by Crippen LogP contribution is -2.16. The van der Waals surface area contributed by atoms with Crippen LogP contribution in [0.4, 0.5) is 11.4 Å². The van der Waals surface area contributed by atoms with Crippen LogP contribution in [0.25, 0.3) is 0 Å². The van der Waals surface area contributed by atoms with Gasteiger partial charge in [0, 0.05) is 18.9 Å². The average Bonchev–Trinajstić information content (AvgIpc) is 2.43. The Morgan fingerprint density at radius 3 is 2.67 bits per heavy atom. The highest BCUT2D eigenvalue weighted by molar-refractivity contribution is 7.92. The molecule has 0 radical (unpaired) electrons. The molecule has 1 aromatic carbocycles. The van der Waals surface area contributed by atoms with Crippen molar-refractivity contribution in [3.05, 3.63) is 47.2 Å². The van der Waals surface area contributed by atoms with Gasteiger partial charge in [0.2, 0.25) is 0 Å². The highest BCUT2D eigenvalue weighted by Crippen LogP contribution is 2.27. The number of hydrogen-bond acceptors (Lipinski definition) is 4. The van der Waals surface area contributed by atoms with Crippen LogP contribution in [-0.4, -0.2) is 19.9 Å². The lowest BCUT2D eigenvalue weighted by molar-refractivity contribution is 0.601. The Labute approximate surface area is 129 Å². The number of nitrogens with one attached hydrogen (secondary N) is 2. The van der Waals surface area contributed by atoms with E-state index in [1.807, 2.05) is 13.8 Å². The Balaban J connectivity index is 2.39. The first-order valence-electron chi connectivity index (χ1n) is 6.41. The predicted octanol–water partition coefficient (Wildman–Crippen LogP) is 3.28. The van der Waals surface area contributed by atoms with E-state index in [2.05, 4.69) is 15.0 Å². The van der Waals surface area contributed by atoms with Crippen LogP contribution < -0.4 is 10.0 Å². The van der Waals surface area contributed by atoms with Crippen molar-refractivity contribution in [2.75, 3.05) is 16.6 Å². The number of sulfonamides is 1. The number of hydrogen-bond donors (Lipinski definition) is 2. The van der Waals surface area contributed by atoms with Gasteiger partial charge in [-0.25, -0.2) is 8.42 Å². The zero-order valence-corrected chi connectivity index (χ0v) is 13.3. The molecule has 112 valence electrons. The Morgan fingerprint density at radius 2 is 2.00 bits per heavy atom. The van der Waals surface area contributed by atoms with Crippen LogP contribution in [0.1, 0.15) is 12.5 Å². The van der Waals surface area contributed by atoms with Gasteiger partial charge in [-0.15, -0.1) is 0 Å². The second kappa shape index (κ2) is 6.32. The number of nitrogens with zero attached hydrogens (tertiary/aromatic N) is 1. The summed E-state index contributed by atoms with van der Waals surface area (Å²) in [6.45, 7) is 4.38. The maximum Gasteiger partial charge on any atom is 0.265 e. The first-order chi connectivity index (χ1) is 9.94. The van der Waals surface area contributed by atoms with E-state index in [0.29, 0.717) is 22.9 Å². The Hall–Kier alpha value is -1.79. The Morgan fingerprint density at radius 1 is 1.24 bits per heavy atom. The van der Waals surface area contributed by atoms with Crippen LogP contribution in [0.15, 0.2) is 41.6 Å². The van der Waals surface area contributed by atoms with Gasteiger partial charge in [0.25, 0.3) is 10.0 Å². The summed E-state index contributed by atoms with van der Waals surface area (Å²) >= 11 is 6.07. The van der Waals surface area contributed by atoms with Crippen molar-refractivity contribution in [1.29, 1.82) is 0 Å². The van der Waals surface area contributed by atoms with Crippen LogP contribution in [-0.2, 0) is 10.0 Å². The van der Waals surface area contributed by atoms with Crippen molar-refractivity contribution in [2.45, 2.75) is 18.7 Å². The maximum atomic E-state index is 12.5. The van der Waals surface area contributed by atoms with Crippen LogP contribution in [0.5, 0.6) is 0 Å². The summed E-state index contributed by atoms with van der Waals surface area (Å²) in [6, 6.07) is 6.75. The fraction of sp³-hybridized carbons (Fsp3) is 0.214. The minimum Gasteiger partial charge on any atom is -0.384 e. The summed E-state index contributed by atoms with van der Waals surface area (Å²) in [5, 5.41) is 3.35. The van der Waals surface area contributed by atoms with Gasteiger partial charge < -0.3 is 5.32 Å². The molecule has 2 aromatic rings. The fourth-order valence-corrected chi connectivity index (χ4v) is 3.38. The van der Waals surface area contributed by atoms with Gasteiger partial charge in [-0.05, 0) is 37.6 Å². The number of rotatable bonds is 5. The number of aryl methyl sites for hydroxylation is 1. The highest BCUT2D eigenvalue weighted by atomic mass is 35.5. The normalized spacial score (nSPS) is 11.2. The van der Waals surface area contributed by atoms with E-state index in [4.69, 9.17) is 11.6 Å². The topological polar surface area (TPSA) is 71.1 Å². The zero-order valence-electron chi connectivity index (χ0n) is 11.7. The summed E-state index contributed by atoms with van der Waals surface area (Å²) in [5.41, 5.74) is 1.80. The third kappa shape index (κ3) is 3.65. The number of halogens is 1. The molecule has 0 unspecified atom stereocenters. The van der Waals surface area contributed by atoms with E-state index in [1.165, 1.54) is 12.4 Å². The summed E-state index contributed by atoms with van der Waals surface area (Å²) < 4.78 is 27.5. The molecule has 5 nitrogen and oxygen atoms in total. The molecule has 0 aliphatic heterocycles. The van der Waals surface area contributed by atoms with Crippen molar-refractivity contribution in [3.63, 3.8) is 0 Å². The first-order valence-corrected chi connectivity index (χ1v) is 8.27. The summed E-state index contributed by atoms with van der Waals surface area (Å²) in [5.74, 6) is 0. The van der Waals surface area contributed by atoms with Gasteiger partial charge in [-0.3, -0.25) is 9.71 Å². The number of aromatic nitrogens is 1. The molecule has 1 aromatic heterocycles. The molecular formula is C14H16ClN3O2S. The van der Waals surface area contributed by atoms with E-state index in [0.717, 1.165) is 5.56 Å². The third-order valence-corrected chi connectivity index (χ3v) is 4.52. The van der Waals surface area contributed by atoms with Crippen LogP contribution >= 0.6 is 11.6 Å². The number of benzene rings is 1. The van der Waals surface area contributed by atoms with Gasteiger partial charge in [-0.2, -0.15) is 0 Å². The SMILES string of the molecule is CCNc1ccncc1S(=O)(=O)Nc1ccc(C)cc1Cl. The molecule has 2 N–H and O–H groups in total. The van der Waals surface area contributed by atoms with E-state index < -0.39 is 10.0 Å². The highest BCUT2D eigenvalue weighted by Gasteiger charge is 2.19. The summed E-state index contributed by atoms with van der Waals surface area (Å²) in [6.07, 6.45) is 2.85. The maximum absolute atomic E-state index is 12.5. The molecule has 7 heteroatoms. The van der Waals surface area contributed by atoms with E-state index in [-0.39, 0.29) is 4.90 Å². The molecule has 0 saturated heterocycles. The van der Waals surface area contributed by atoms with Crippen molar-refractivity contribution in [2.24, 2.45) is 0 Å². The molecule has 1 heterocycles. The fourth-order valence-electron chi connectivity index (χ4n) is 1.83. The molecule has 0 aliphatic carbocycles. The largest absolute Gasteiger partial charge is 0.384 e.